The quantitative estimate of drug-likeness (QED) is 0.420. The maximum Gasteiger partial charge on any atom is 0.417 e. The molecule has 1 aliphatic rings. The Morgan fingerprint density at radius 1 is 1.15 bits per heavy atom. The number of pyridine rings is 1. The van der Waals surface area contributed by atoms with Crippen molar-refractivity contribution < 1.29 is 17.7 Å². The number of hydrogen-bond acceptors (Lipinski definition) is 5. The normalized spacial score (nSPS) is 17.7. The highest BCUT2D eigenvalue weighted by Crippen LogP contribution is 2.30. The molecular formula is C26H27F3N4O. The van der Waals surface area contributed by atoms with Crippen molar-refractivity contribution in [3.05, 3.63) is 84.2 Å². The molecule has 5 nitrogen and oxygen atoms in total. The molecule has 1 aromatic carbocycles. The van der Waals surface area contributed by atoms with Crippen LogP contribution in [0.15, 0.2) is 77.6 Å². The molecule has 0 N–H and O–H groups in total. The molecule has 0 radical (unpaired) electrons. The number of piperazine rings is 1. The number of allylic oxidation sites excluding steroid dienone is 1. The van der Waals surface area contributed by atoms with Crippen LogP contribution in [0, 0.1) is 0 Å². The lowest BCUT2D eigenvalue weighted by Gasteiger charge is -2.41. The third-order valence-electron chi connectivity index (χ3n) is 6.17. The molecule has 0 amide bonds. The number of rotatable bonds is 6. The number of halogens is 3. The second-order valence-electron chi connectivity index (χ2n) is 8.43. The number of anilines is 1. The zero-order valence-corrected chi connectivity index (χ0v) is 19.2. The van der Waals surface area contributed by atoms with Gasteiger partial charge in [-0.05, 0) is 42.7 Å². The molecule has 1 saturated heterocycles. The Balaban J connectivity index is 1.37. The summed E-state index contributed by atoms with van der Waals surface area (Å²) < 4.78 is 43.7. The molecule has 3 aromatic rings. The standard InChI is InChI=1S/C26H27F3N4O/c1-4-20(19(3)21-5-7-22(8-6-21)24-11-12-31-34-24)17-32-13-14-33(18(2)16-32)25-10-9-23(15-30-25)26(27,28)29/h4-12,15,18H,3,13-14,16-17H2,1-2H3/b20-4-/t18-/m1/s1. The zero-order chi connectivity index (χ0) is 24.3. The molecule has 178 valence electrons. The monoisotopic (exact) mass is 468 g/mol. The van der Waals surface area contributed by atoms with Crippen LogP contribution in [0.3, 0.4) is 0 Å². The molecular weight excluding hydrogens is 441 g/mol. The summed E-state index contributed by atoms with van der Waals surface area (Å²) >= 11 is 0. The van der Waals surface area contributed by atoms with E-state index in [0.717, 1.165) is 59.9 Å². The summed E-state index contributed by atoms with van der Waals surface area (Å²) in [4.78, 5) is 8.47. The van der Waals surface area contributed by atoms with Crippen LogP contribution >= 0.6 is 0 Å². The van der Waals surface area contributed by atoms with Crippen molar-refractivity contribution in [3.8, 4) is 11.3 Å². The molecule has 0 saturated carbocycles. The second kappa shape index (κ2) is 9.85. The summed E-state index contributed by atoms with van der Waals surface area (Å²) in [5.41, 5.74) is 3.37. The van der Waals surface area contributed by atoms with E-state index in [-0.39, 0.29) is 6.04 Å². The Labute approximate surface area is 197 Å². The summed E-state index contributed by atoms with van der Waals surface area (Å²) in [5.74, 6) is 1.29. The van der Waals surface area contributed by atoms with Gasteiger partial charge in [-0.2, -0.15) is 13.2 Å². The number of alkyl halides is 3. The number of benzene rings is 1. The SMILES string of the molecule is C=C(/C(=C\C)CN1CCN(c2ccc(C(F)(F)F)cn2)[C@H](C)C1)c1ccc(-c2ccno2)cc1. The van der Waals surface area contributed by atoms with Gasteiger partial charge in [0.1, 0.15) is 5.82 Å². The van der Waals surface area contributed by atoms with E-state index < -0.39 is 11.7 Å². The van der Waals surface area contributed by atoms with Crippen molar-refractivity contribution in [2.45, 2.75) is 26.1 Å². The average molecular weight is 469 g/mol. The topological polar surface area (TPSA) is 45.4 Å². The van der Waals surface area contributed by atoms with Crippen LogP contribution in [-0.4, -0.2) is 47.3 Å². The predicted octanol–water partition coefficient (Wildman–Crippen LogP) is 5.93. The van der Waals surface area contributed by atoms with Crippen molar-refractivity contribution in [2.24, 2.45) is 0 Å². The van der Waals surface area contributed by atoms with E-state index >= 15 is 0 Å². The van der Waals surface area contributed by atoms with E-state index in [9.17, 15) is 13.2 Å². The van der Waals surface area contributed by atoms with Gasteiger partial charge >= 0.3 is 6.18 Å². The number of nitrogens with zero attached hydrogens (tertiary/aromatic N) is 4. The molecule has 8 heteroatoms. The largest absolute Gasteiger partial charge is 0.417 e. The van der Waals surface area contributed by atoms with Gasteiger partial charge in [0.2, 0.25) is 0 Å². The molecule has 34 heavy (non-hydrogen) atoms. The van der Waals surface area contributed by atoms with E-state index in [1.54, 1.807) is 6.20 Å². The molecule has 1 fully saturated rings. The van der Waals surface area contributed by atoms with Crippen molar-refractivity contribution in [1.82, 2.24) is 15.0 Å². The highest BCUT2D eigenvalue weighted by Gasteiger charge is 2.31. The van der Waals surface area contributed by atoms with Gasteiger partial charge in [-0.1, -0.05) is 42.1 Å². The lowest BCUT2D eigenvalue weighted by molar-refractivity contribution is -0.137. The van der Waals surface area contributed by atoms with Crippen molar-refractivity contribution in [2.75, 3.05) is 31.1 Å². The Bertz CT molecular complexity index is 1140. The summed E-state index contributed by atoms with van der Waals surface area (Å²) in [5, 5.41) is 3.75. The molecule has 3 heterocycles. The van der Waals surface area contributed by atoms with Crippen LogP contribution in [0.2, 0.25) is 0 Å². The van der Waals surface area contributed by atoms with Gasteiger partial charge in [-0.3, -0.25) is 4.90 Å². The molecule has 1 aliphatic heterocycles. The summed E-state index contributed by atoms with van der Waals surface area (Å²) in [7, 11) is 0. The van der Waals surface area contributed by atoms with Gasteiger partial charge in [0.25, 0.3) is 0 Å². The van der Waals surface area contributed by atoms with Crippen LogP contribution in [0.1, 0.15) is 25.0 Å². The third-order valence-corrected chi connectivity index (χ3v) is 6.17. The van der Waals surface area contributed by atoms with Gasteiger partial charge in [0.15, 0.2) is 5.76 Å². The highest BCUT2D eigenvalue weighted by atomic mass is 19.4. The molecule has 0 unspecified atom stereocenters. The van der Waals surface area contributed by atoms with Gasteiger partial charge in [-0.15, -0.1) is 0 Å². The fourth-order valence-electron chi connectivity index (χ4n) is 4.23. The van der Waals surface area contributed by atoms with Crippen LogP contribution < -0.4 is 4.90 Å². The Morgan fingerprint density at radius 2 is 1.91 bits per heavy atom. The Morgan fingerprint density at radius 3 is 2.47 bits per heavy atom. The molecule has 0 aliphatic carbocycles. The number of hydrogen-bond donors (Lipinski definition) is 0. The lowest BCUT2D eigenvalue weighted by Crippen LogP contribution is -2.52. The minimum atomic E-state index is -4.38. The van der Waals surface area contributed by atoms with Gasteiger partial charge in [0.05, 0.1) is 11.8 Å². The summed E-state index contributed by atoms with van der Waals surface area (Å²) in [6.07, 6.45) is 0.233. The van der Waals surface area contributed by atoms with Crippen molar-refractivity contribution in [3.63, 3.8) is 0 Å². The second-order valence-corrected chi connectivity index (χ2v) is 8.43. The van der Waals surface area contributed by atoms with Gasteiger partial charge in [-0.25, -0.2) is 4.98 Å². The van der Waals surface area contributed by atoms with Gasteiger partial charge < -0.3 is 9.42 Å². The van der Waals surface area contributed by atoms with E-state index in [1.165, 1.54) is 6.07 Å². The van der Waals surface area contributed by atoms with E-state index in [0.29, 0.717) is 12.4 Å². The smallest absolute Gasteiger partial charge is 0.356 e. The van der Waals surface area contributed by atoms with Gasteiger partial charge in [0, 0.05) is 50.0 Å². The highest BCUT2D eigenvalue weighted by molar-refractivity contribution is 5.78. The maximum absolute atomic E-state index is 12.8. The minimum Gasteiger partial charge on any atom is -0.356 e. The molecule has 0 spiro atoms. The van der Waals surface area contributed by atoms with Crippen LogP contribution in [0.4, 0.5) is 19.0 Å². The lowest BCUT2D eigenvalue weighted by atomic mass is 9.97. The Hall–Kier alpha value is -3.39. The number of aromatic nitrogens is 2. The first-order chi connectivity index (χ1) is 16.3. The average Bonchev–Trinajstić information content (AvgIpc) is 3.37. The summed E-state index contributed by atoms with van der Waals surface area (Å²) in [6.45, 7) is 11.4. The van der Waals surface area contributed by atoms with E-state index in [4.69, 9.17) is 4.52 Å². The van der Waals surface area contributed by atoms with Crippen LogP contribution in [0.5, 0.6) is 0 Å². The van der Waals surface area contributed by atoms with Crippen molar-refractivity contribution >= 4 is 11.4 Å². The Kier molecular flexibility index (Phi) is 6.88. The first-order valence-electron chi connectivity index (χ1n) is 11.1. The fourth-order valence-corrected chi connectivity index (χ4v) is 4.23. The van der Waals surface area contributed by atoms with E-state index in [2.05, 4.69) is 39.5 Å². The maximum atomic E-state index is 12.8. The van der Waals surface area contributed by atoms with E-state index in [1.807, 2.05) is 37.3 Å². The molecule has 4 rings (SSSR count). The molecule has 2 aromatic heterocycles. The first kappa shape index (κ1) is 23.8. The molecule has 0 bridgehead atoms. The fraction of sp³-hybridized carbons (Fsp3) is 0.308. The summed E-state index contributed by atoms with van der Waals surface area (Å²) in [6, 6.07) is 12.5. The zero-order valence-electron chi connectivity index (χ0n) is 19.2. The van der Waals surface area contributed by atoms with Crippen LogP contribution in [0.25, 0.3) is 16.9 Å². The minimum absolute atomic E-state index is 0.116. The molecule has 1 atom stereocenters. The van der Waals surface area contributed by atoms with Crippen molar-refractivity contribution in [1.29, 1.82) is 0 Å². The first-order valence-corrected chi connectivity index (χ1v) is 11.1. The third kappa shape index (κ3) is 5.22. The van der Waals surface area contributed by atoms with Crippen LogP contribution in [-0.2, 0) is 6.18 Å². The predicted molar refractivity (Wildman–Crippen MR) is 127 cm³/mol.